The number of ether oxygens (including phenoxy) is 1. The minimum Gasteiger partial charge on any atom is -0.455 e. The van der Waals surface area contributed by atoms with Crippen LogP contribution >= 0.6 is 11.8 Å². The molecule has 0 spiro atoms. The Morgan fingerprint density at radius 3 is 2.24 bits per heavy atom. The molecule has 0 aliphatic carbocycles. The first-order valence-electron chi connectivity index (χ1n) is 10.6. The minimum absolute atomic E-state index is 0.0138. The van der Waals surface area contributed by atoms with Gasteiger partial charge in [0.15, 0.2) is 17.6 Å². The number of aromatic nitrogens is 3. The van der Waals surface area contributed by atoms with Gasteiger partial charge in [-0.15, -0.1) is 10.2 Å². The van der Waals surface area contributed by atoms with E-state index >= 15 is 0 Å². The molecule has 1 amide bonds. The maximum Gasteiger partial charge on any atom is 0.316 e. The van der Waals surface area contributed by atoms with Crippen LogP contribution in [0.1, 0.15) is 27.7 Å². The predicted molar refractivity (Wildman–Crippen MR) is 126 cm³/mol. The molecule has 0 N–H and O–H groups in total. The van der Waals surface area contributed by atoms with Crippen molar-refractivity contribution in [1.82, 2.24) is 19.7 Å². The molecule has 0 saturated heterocycles. The Balaban J connectivity index is 1.73. The Morgan fingerprint density at radius 1 is 1.00 bits per heavy atom. The number of amides is 1. The fraction of sp³-hybridized carbons (Fsp3) is 0.333. The summed E-state index contributed by atoms with van der Waals surface area (Å²) in [5, 5.41) is 8.98. The number of hydrogen-bond acceptors (Lipinski definition) is 6. The number of hydrogen-bond donors (Lipinski definition) is 0. The zero-order chi connectivity index (χ0) is 24.0. The van der Waals surface area contributed by atoms with Crippen molar-refractivity contribution in [2.45, 2.75) is 44.9 Å². The quantitative estimate of drug-likeness (QED) is 0.342. The lowest BCUT2D eigenvalue weighted by Gasteiger charge is -2.30. The van der Waals surface area contributed by atoms with Gasteiger partial charge >= 0.3 is 5.97 Å². The topological polar surface area (TPSA) is 77.3 Å². The van der Waals surface area contributed by atoms with Crippen LogP contribution in [0.25, 0.3) is 17.1 Å². The summed E-state index contributed by atoms with van der Waals surface area (Å²) in [6.07, 6.45) is 0. The van der Waals surface area contributed by atoms with E-state index in [0.717, 1.165) is 17.4 Å². The van der Waals surface area contributed by atoms with Gasteiger partial charge in [0.2, 0.25) is 0 Å². The average Bonchev–Trinajstić information content (AvgIpc) is 3.21. The van der Waals surface area contributed by atoms with Crippen LogP contribution in [0.15, 0.2) is 59.8 Å². The van der Waals surface area contributed by atoms with Crippen molar-refractivity contribution in [1.29, 1.82) is 0 Å². The van der Waals surface area contributed by atoms with Gasteiger partial charge in [-0.2, -0.15) is 0 Å². The van der Waals surface area contributed by atoms with Crippen LogP contribution in [0.2, 0.25) is 0 Å². The Bertz CT molecular complexity index is 1080. The number of nitrogens with zero attached hydrogens (tertiary/aromatic N) is 4. The lowest BCUT2D eigenvalue weighted by Crippen LogP contribution is -2.44. The standard InChI is InChI=1S/C24H27FN4O3S/c1-16(2)28(17(3)4)21(30)14-32-22(31)15-33-24-27-26-23(18-10-12-19(25)13-11-18)29(24)20-8-6-5-7-9-20/h5-13,16-17H,14-15H2,1-4H3. The molecule has 174 valence electrons. The molecule has 7 nitrogen and oxygen atoms in total. The molecule has 0 saturated carbocycles. The molecule has 3 rings (SSSR count). The summed E-state index contributed by atoms with van der Waals surface area (Å²) in [5.74, 6) is -0.608. The third-order valence-electron chi connectivity index (χ3n) is 4.83. The number of carbonyl (C=O) groups is 2. The molecule has 0 aliphatic heterocycles. The van der Waals surface area contributed by atoms with Gasteiger partial charge in [0.1, 0.15) is 5.82 Å². The van der Waals surface area contributed by atoms with Crippen molar-refractivity contribution in [3.63, 3.8) is 0 Å². The first-order chi connectivity index (χ1) is 15.8. The Kier molecular flexibility index (Phi) is 8.21. The van der Waals surface area contributed by atoms with Gasteiger partial charge in [-0.1, -0.05) is 30.0 Å². The summed E-state index contributed by atoms with van der Waals surface area (Å²) in [6, 6.07) is 15.4. The van der Waals surface area contributed by atoms with Crippen molar-refractivity contribution >= 4 is 23.6 Å². The molecule has 1 aromatic heterocycles. The van der Waals surface area contributed by atoms with Gasteiger partial charge in [0, 0.05) is 23.3 Å². The highest BCUT2D eigenvalue weighted by atomic mass is 32.2. The Morgan fingerprint density at radius 2 is 1.64 bits per heavy atom. The zero-order valence-electron chi connectivity index (χ0n) is 19.1. The zero-order valence-corrected chi connectivity index (χ0v) is 19.9. The van der Waals surface area contributed by atoms with E-state index in [1.807, 2.05) is 58.0 Å². The second-order valence-corrected chi connectivity index (χ2v) is 8.86. The summed E-state index contributed by atoms with van der Waals surface area (Å²) < 4.78 is 20.4. The molecule has 0 fully saturated rings. The fourth-order valence-electron chi connectivity index (χ4n) is 3.51. The lowest BCUT2D eigenvalue weighted by atomic mass is 10.2. The monoisotopic (exact) mass is 470 g/mol. The maximum absolute atomic E-state index is 13.4. The van der Waals surface area contributed by atoms with Gasteiger partial charge in [-0.05, 0) is 64.1 Å². The fourth-order valence-corrected chi connectivity index (χ4v) is 4.26. The molecule has 9 heteroatoms. The summed E-state index contributed by atoms with van der Waals surface area (Å²) in [4.78, 5) is 26.4. The molecule has 33 heavy (non-hydrogen) atoms. The van der Waals surface area contributed by atoms with Gasteiger partial charge in [-0.3, -0.25) is 14.2 Å². The lowest BCUT2D eigenvalue weighted by molar-refractivity contribution is -0.151. The normalized spacial score (nSPS) is 11.1. The molecule has 0 radical (unpaired) electrons. The highest BCUT2D eigenvalue weighted by molar-refractivity contribution is 7.99. The number of rotatable bonds is 9. The highest BCUT2D eigenvalue weighted by Crippen LogP contribution is 2.28. The van der Waals surface area contributed by atoms with E-state index in [9.17, 15) is 14.0 Å². The van der Waals surface area contributed by atoms with Crippen LogP contribution in [0.3, 0.4) is 0 Å². The van der Waals surface area contributed by atoms with Crippen molar-refractivity contribution < 1.29 is 18.7 Å². The van der Waals surface area contributed by atoms with Crippen LogP contribution in [0.5, 0.6) is 0 Å². The maximum atomic E-state index is 13.4. The van der Waals surface area contributed by atoms with Crippen LogP contribution < -0.4 is 0 Å². The number of thioether (sulfide) groups is 1. The molecule has 0 unspecified atom stereocenters. The predicted octanol–water partition coefficient (Wildman–Crippen LogP) is 4.35. The van der Waals surface area contributed by atoms with Crippen molar-refractivity contribution in [3.05, 3.63) is 60.4 Å². The first kappa shape index (κ1) is 24.4. The second-order valence-electron chi connectivity index (χ2n) is 7.92. The van der Waals surface area contributed by atoms with Gasteiger partial charge in [-0.25, -0.2) is 4.39 Å². The van der Waals surface area contributed by atoms with E-state index in [0.29, 0.717) is 16.5 Å². The highest BCUT2D eigenvalue weighted by Gasteiger charge is 2.22. The average molecular weight is 471 g/mol. The molecule has 0 atom stereocenters. The molecular formula is C24H27FN4O3S. The van der Waals surface area contributed by atoms with Crippen LogP contribution in [0, 0.1) is 5.82 Å². The van der Waals surface area contributed by atoms with Gasteiger partial charge in [0.05, 0.1) is 5.75 Å². The number of esters is 1. The number of halogens is 1. The Hall–Kier alpha value is -3.20. The van der Waals surface area contributed by atoms with Crippen molar-refractivity contribution in [2.24, 2.45) is 0 Å². The number of para-hydroxylation sites is 1. The largest absolute Gasteiger partial charge is 0.455 e. The van der Waals surface area contributed by atoms with E-state index in [4.69, 9.17) is 4.74 Å². The molecule has 0 bridgehead atoms. The molecule has 0 aliphatic rings. The van der Waals surface area contributed by atoms with E-state index in [2.05, 4.69) is 10.2 Å². The van der Waals surface area contributed by atoms with Crippen LogP contribution in [-0.4, -0.2) is 56.0 Å². The Labute approximate surface area is 197 Å². The summed E-state index contributed by atoms with van der Waals surface area (Å²) in [7, 11) is 0. The SMILES string of the molecule is CC(C)N(C(=O)COC(=O)CSc1nnc(-c2ccc(F)cc2)n1-c1ccccc1)C(C)C. The van der Waals surface area contributed by atoms with Crippen molar-refractivity contribution in [2.75, 3.05) is 12.4 Å². The molecule has 2 aromatic carbocycles. The van der Waals surface area contributed by atoms with Crippen molar-refractivity contribution in [3.8, 4) is 17.1 Å². The van der Waals surface area contributed by atoms with E-state index < -0.39 is 5.97 Å². The summed E-state index contributed by atoms with van der Waals surface area (Å²) >= 11 is 1.16. The van der Waals surface area contributed by atoms with Crippen LogP contribution in [0.4, 0.5) is 4.39 Å². The molecule has 1 heterocycles. The van der Waals surface area contributed by atoms with Gasteiger partial charge in [0.25, 0.3) is 5.91 Å². The smallest absolute Gasteiger partial charge is 0.316 e. The molecule has 3 aromatic rings. The third kappa shape index (κ3) is 6.19. The molecular weight excluding hydrogens is 443 g/mol. The summed E-state index contributed by atoms with van der Waals surface area (Å²) in [6.45, 7) is 7.38. The first-order valence-corrected chi connectivity index (χ1v) is 11.6. The van der Waals surface area contributed by atoms with E-state index in [1.165, 1.54) is 12.1 Å². The minimum atomic E-state index is -0.522. The third-order valence-corrected chi connectivity index (χ3v) is 5.73. The van der Waals surface area contributed by atoms with E-state index in [1.54, 1.807) is 21.6 Å². The summed E-state index contributed by atoms with van der Waals surface area (Å²) in [5.41, 5.74) is 1.49. The van der Waals surface area contributed by atoms with Gasteiger partial charge < -0.3 is 9.64 Å². The van der Waals surface area contributed by atoms with Crippen LogP contribution in [-0.2, 0) is 14.3 Å². The van der Waals surface area contributed by atoms with E-state index in [-0.39, 0.29) is 36.2 Å². The second kappa shape index (κ2) is 11.1. The number of carbonyl (C=O) groups excluding carboxylic acids is 2. The number of benzene rings is 2.